The second-order valence-corrected chi connectivity index (χ2v) is 4.90. The molecular formula is C12H14N4O2S. The molecule has 100 valence electrons. The first-order chi connectivity index (χ1) is 9.20. The fourth-order valence-electron chi connectivity index (χ4n) is 1.63. The van der Waals surface area contributed by atoms with Crippen molar-refractivity contribution in [2.24, 2.45) is 0 Å². The summed E-state index contributed by atoms with van der Waals surface area (Å²) < 4.78 is 0. The van der Waals surface area contributed by atoms with Gasteiger partial charge in [-0.1, -0.05) is 41.7 Å². The second kappa shape index (κ2) is 6.26. The number of rotatable bonds is 5. The van der Waals surface area contributed by atoms with Crippen molar-refractivity contribution in [3.63, 3.8) is 0 Å². The van der Waals surface area contributed by atoms with Crippen LogP contribution >= 0.6 is 11.3 Å². The maximum Gasteiger partial charge on any atom is 0.223 e. The Kier molecular flexibility index (Phi) is 4.43. The van der Waals surface area contributed by atoms with Crippen LogP contribution in [0.2, 0.25) is 0 Å². The van der Waals surface area contributed by atoms with E-state index in [-0.39, 0.29) is 18.9 Å². The van der Waals surface area contributed by atoms with Crippen LogP contribution in [-0.4, -0.2) is 27.8 Å². The second-order valence-electron chi connectivity index (χ2n) is 3.86. The largest absolute Gasteiger partial charge is 0.396 e. The summed E-state index contributed by atoms with van der Waals surface area (Å²) in [6.07, 6.45) is 0.0532. The minimum absolute atomic E-state index is 0.0532. The van der Waals surface area contributed by atoms with E-state index in [1.807, 2.05) is 30.3 Å². The van der Waals surface area contributed by atoms with Gasteiger partial charge in [0.05, 0.1) is 6.61 Å². The van der Waals surface area contributed by atoms with Crippen LogP contribution in [0.3, 0.4) is 0 Å². The molecule has 0 spiro atoms. The number of carbonyl (C=O) groups excluding carboxylic acids is 1. The van der Waals surface area contributed by atoms with Gasteiger partial charge in [0.1, 0.15) is 11.0 Å². The van der Waals surface area contributed by atoms with Crippen LogP contribution in [0, 0.1) is 0 Å². The van der Waals surface area contributed by atoms with Crippen molar-refractivity contribution in [2.45, 2.75) is 12.5 Å². The standard InChI is InChI=1S/C12H14N4O2S/c13-12-16-15-11(19-12)10(14-9(18)6-7-17)8-4-2-1-3-5-8/h1-5,10,17H,6-7H2,(H2,13,16)(H,14,18)/t10-/m0/s1. The molecule has 0 radical (unpaired) electrons. The average Bonchev–Trinajstić information content (AvgIpc) is 2.84. The quantitative estimate of drug-likeness (QED) is 0.747. The number of nitrogens with two attached hydrogens (primary N) is 1. The van der Waals surface area contributed by atoms with E-state index in [0.717, 1.165) is 5.56 Å². The summed E-state index contributed by atoms with van der Waals surface area (Å²) in [5.74, 6) is -0.245. The normalized spacial score (nSPS) is 12.1. The predicted molar refractivity (Wildman–Crippen MR) is 72.5 cm³/mol. The molecule has 1 aromatic heterocycles. The van der Waals surface area contributed by atoms with E-state index in [2.05, 4.69) is 15.5 Å². The molecule has 1 atom stereocenters. The van der Waals surface area contributed by atoms with Crippen molar-refractivity contribution < 1.29 is 9.90 Å². The third kappa shape index (κ3) is 3.49. The van der Waals surface area contributed by atoms with Crippen LogP contribution in [0.25, 0.3) is 0 Å². The first kappa shape index (κ1) is 13.4. The Morgan fingerprint density at radius 2 is 2.11 bits per heavy atom. The van der Waals surface area contributed by atoms with Gasteiger partial charge >= 0.3 is 0 Å². The third-order valence-electron chi connectivity index (χ3n) is 2.48. The Morgan fingerprint density at radius 3 is 2.68 bits per heavy atom. The summed E-state index contributed by atoms with van der Waals surface area (Å²) >= 11 is 1.23. The van der Waals surface area contributed by atoms with Gasteiger partial charge in [-0.25, -0.2) is 0 Å². The molecule has 0 saturated carbocycles. The number of hydrogen-bond donors (Lipinski definition) is 3. The van der Waals surface area contributed by atoms with E-state index in [1.165, 1.54) is 11.3 Å². The fourth-order valence-corrected chi connectivity index (χ4v) is 2.32. The first-order valence-corrected chi connectivity index (χ1v) is 6.56. The number of carbonyl (C=O) groups is 1. The summed E-state index contributed by atoms with van der Waals surface area (Å²) in [6, 6.07) is 9.04. The number of aliphatic hydroxyl groups excluding tert-OH is 1. The minimum atomic E-state index is -0.393. The molecule has 0 bridgehead atoms. The van der Waals surface area contributed by atoms with Crippen LogP contribution in [0.4, 0.5) is 5.13 Å². The van der Waals surface area contributed by atoms with Crippen molar-refractivity contribution in [1.82, 2.24) is 15.5 Å². The summed E-state index contributed by atoms with van der Waals surface area (Å²) in [7, 11) is 0. The lowest BCUT2D eigenvalue weighted by molar-refractivity contribution is -0.122. The van der Waals surface area contributed by atoms with Gasteiger partial charge in [-0.3, -0.25) is 4.79 Å². The van der Waals surface area contributed by atoms with Crippen LogP contribution in [-0.2, 0) is 4.79 Å². The maximum absolute atomic E-state index is 11.7. The van der Waals surface area contributed by atoms with Gasteiger partial charge in [0, 0.05) is 6.42 Å². The molecule has 6 nitrogen and oxygen atoms in total. The number of nitrogens with one attached hydrogen (secondary N) is 1. The number of anilines is 1. The van der Waals surface area contributed by atoms with E-state index >= 15 is 0 Å². The smallest absolute Gasteiger partial charge is 0.223 e. The van der Waals surface area contributed by atoms with Gasteiger partial charge in [-0.05, 0) is 5.56 Å². The monoisotopic (exact) mass is 278 g/mol. The predicted octanol–water partition coefficient (Wildman–Crippen LogP) is 0.708. The minimum Gasteiger partial charge on any atom is -0.396 e. The highest BCUT2D eigenvalue weighted by atomic mass is 32.1. The molecule has 1 amide bonds. The number of nitrogens with zero attached hydrogens (tertiary/aromatic N) is 2. The molecule has 0 aliphatic carbocycles. The molecule has 0 aliphatic rings. The van der Waals surface area contributed by atoms with E-state index in [4.69, 9.17) is 10.8 Å². The highest BCUT2D eigenvalue weighted by molar-refractivity contribution is 7.15. The molecular weight excluding hydrogens is 264 g/mol. The molecule has 1 heterocycles. The molecule has 0 aliphatic heterocycles. The van der Waals surface area contributed by atoms with Crippen molar-refractivity contribution in [1.29, 1.82) is 0 Å². The zero-order valence-corrected chi connectivity index (χ0v) is 10.9. The van der Waals surface area contributed by atoms with Crippen LogP contribution < -0.4 is 11.1 Å². The molecule has 1 aromatic carbocycles. The Balaban J connectivity index is 2.26. The number of nitrogen functional groups attached to an aromatic ring is 1. The molecule has 4 N–H and O–H groups in total. The number of aliphatic hydroxyl groups is 1. The van der Waals surface area contributed by atoms with E-state index in [1.54, 1.807) is 0 Å². The number of benzene rings is 1. The zero-order valence-electron chi connectivity index (χ0n) is 10.1. The Morgan fingerprint density at radius 1 is 1.37 bits per heavy atom. The molecule has 2 aromatic rings. The summed E-state index contributed by atoms with van der Waals surface area (Å²) in [5.41, 5.74) is 6.47. The molecule has 0 fully saturated rings. The Labute approximate surface area is 114 Å². The topological polar surface area (TPSA) is 101 Å². The SMILES string of the molecule is Nc1nnc([C@@H](NC(=O)CCO)c2ccccc2)s1. The van der Waals surface area contributed by atoms with Crippen LogP contribution in [0.5, 0.6) is 0 Å². The lowest BCUT2D eigenvalue weighted by atomic mass is 10.1. The molecule has 19 heavy (non-hydrogen) atoms. The van der Waals surface area contributed by atoms with Gasteiger partial charge in [-0.2, -0.15) is 0 Å². The fraction of sp³-hybridized carbons (Fsp3) is 0.250. The summed E-state index contributed by atoms with van der Waals surface area (Å²) in [6.45, 7) is -0.189. The van der Waals surface area contributed by atoms with Crippen LogP contribution in [0.1, 0.15) is 23.0 Å². The molecule has 7 heteroatoms. The van der Waals surface area contributed by atoms with Crippen molar-refractivity contribution in [3.8, 4) is 0 Å². The third-order valence-corrected chi connectivity index (χ3v) is 3.30. The van der Waals surface area contributed by atoms with Gasteiger partial charge < -0.3 is 16.2 Å². The highest BCUT2D eigenvalue weighted by Crippen LogP contribution is 2.25. The molecule has 0 unspecified atom stereocenters. The maximum atomic E-state index is 11.7. The number of aromatic nitrogens is 2. The van der Waals surface area contributed by atoms with Crippen molar-refractivity contribution in [3.05, 3.63) is 40.9 Å². The average molecular weight is 278 g/mol. The van der Waals surface area contributed by atoms with Gasteiger partial charge in [0.2, 0.25) is 11.0 Å². The first-order valence-electron chi connectivity index (χ1n) is 5.74. The summed E-state index contributed by atoms with van der Waals surface area (Å²) in [5, 5.41) is 20.3. The van der Waals surface area contributed by atoms with E-state index in [0.29, 0.717) is 10.1 Å². The molecule has 0 saturated heterocycles. The van der Waals surface area contributed by atoms with Gasteiger partial charge in [-0.15, -0.1) is 10.2 Å². The van der Waals surface area contributed by atoms with Gasteiger partial charge in [0.25, 0.3) is 0 Å². The highest BCUT2D eigenvalue weighted by Gasteiger charge is 2.20. The number of amides is 1. The Hall–Kier alpha value is -1.99. The zero-order chi connectivity index (χ0) is 13.7. The molecule has 2 rings (SSSR count). The van der Waals surface area contributed by atoms with E-state index < -0.39 is 6.04 Å². The number of hydrogen-bond acceptors (Lipinski definition) is 6. The lowest BCUT2D eigenvalue weighted by Gasteiger charge is -2.16. The lowest BCUT2D eigenvalue weighted by Crippen LogP contribution is -2.29. The van der Waals surface area contributed by atoms with Crippen LogP contribution in [0.15, 0.2) is 30.3 Å². The van der Waals surface area contributed by atoms with Gasteiger partial charge in [0.15, 0.2) is 0 Å². The van der Waals surface area contributed by atoms with Crippen molar-refractivity contribution in [2.75, 3.05) is 12.3 Å². The summed E-state index contributed by atoms with van der Waals surface area (Å²) in [4.78, 5) is 11.7. The van der Waals surface area contributed by atoms with Crippen molar-refractivity contribution >= 4 is 22.4 Å². The Bertz CT molecular complexity index is 544. The van der Waals surface area contributed by atoms with E-state index in [9.17, 15) is 4.79 Å².